The predicted molar refractivity (Wildman–Crippen MR) is 119 cm³/mol. The molecule has 0 aliphatic carbocycles. The largest absolute Gasteiger partial charge is 0.382 e. The smallest absolute Gasteiger partial charge is 0.191 e. The fourth-order valence-electron chi connectivity index (χ4n) is 2.15. The van der Waals surface area contributed by atoms with E-state index in [2.05, 4.69) is 31.6 Å². The van der Waals surface area contributed by atoms with Crippen LogP contribution in [0.2, 0.25) is 0 Å². The fourth-order valence-corrected chi connectivity index (χ4v) is 2.49. The van der Waals surface area contributed by atoms with Crippen LogP contribution >= 0.6 is 39.9 Å². The lowest BCUT2D eigenvalue weighted by atomic mass is 10.1. The van der Waals surface area contributed by atoms with E-state index < -0.39 is 0 Å². The minimum atomic E-state index is -0.170. The average molecular weight is 546 g/mol. The van der Waals surface area contributed by atoms with Crippen LogP contribution in [0.4, 0.5) is 4.39 Å². The molecule has 0 radical (unpaired) electrons. The second-order valence-electron chi connectivity index (χ2n) is 5.49. The summed E-state index contributed by atoms with van der Waals surface area (Å²) in [5, 5.41) is 6.49. The Morgan fingerprint density at radius 1 is 1.19 bits per heavy atom. The number of halogens is 3. The molecule has 1 aromatic rings. The Morgan fingerprint density at radius 3 is 2.69 bits per heavy atom. The number of hydrogen-bond donors (Lipinski definition) is 2. The van der Waals surface area contributed by atoms with Gasteiger partial charge in [0.1, 0.15) is 5.82 Å². The molecule has 0 aliphatic rings. The third-order valence-corrected chi connectivity index (χ3v) is 3.92. The lowest BCUT2D eigenvalue weighted by molar-refractivity contribution is 0.0698. The summed E-state index contributed by atoms with van der Waals surface area (Å²) in [5.41, 5.74) is 0.726. The van der Waals surface area contributed by atoms with Crippen LogP contribution in [-0.4, -0.2) is 52.5 Å². The van der Waals surface area contributed by atoms with E-state index >= 15 is 0 Å². The summed E-state index contributed by atoms with van der Waals surface area (Å²) in [6.45, 7) is 6.21. The normalized spacial score (nSPS) is 11.2. The molecule has 0 unspecified atom stereocenters. The topological polar surface area (TPSA) is 54.9 Å². The molecule has 150 valence electrons. The number of hydrogen-bond acceptors (Lipinski definition) is 3. The lowest BCUT2D eigenvalue weighted by Gasteiger charge is -2.11. The monoisotopic (exact) mass is 545 g/mol. The number of aliphatic imine (C=N–C) groups is 1. The summed E-state index contributed by atoms with van der Waals surface area (Å²) in [4.78, 5) is 4.52. The van der Waals surface area contributed by atoms with Crippen molar-refractivity contribution in [2.75, 3.05) is 46.6 Å². The molecule has 0 aromatic heterocycles. The first-order chi connectivity index (χ1) is 12.2. The highest BCUT2D eigenvalue weighted by Gasteiger charge is 2.03. The molecule has 0 amide bonds. The summed E-state index contributed by atoms with van der Waals surface area (Å²) in [7, 11) is 1.66. The molecule has 0 fully saturated rings. The number of nitrogens with one attached hydrogen (secondary N) is 2. The highest BCUT2D eigenvalue weighted by molar-refractivity contribution is 14.0. The van der Waals surface area contributed by atoms with Gasteiger partial charge in [0.2, 0.25) is 0 Å². The Hall–Kier alpha value is -0.450. The standard InChI is InChI=1S/C18H29BrFN3O2.HI/c1-3-21-18(23-10-5-11-25-13-12-24-2)22-9-4-6-15-7-8-16(19)14-17(15)20;/h7-8,14H,3-6,9-13H2,1-2H3,(H2,21,22,23);1H. The molecular formula is C18H30BrFIN3O2. The van der Waals surface area contributed by atoms with Gasteiger partial charge in [-0.3, -0.25) is 4.99 Å². The van der Waals surface area contributed by atoms with Crippen molar-refractivity contribution in [3.63, 3.8) is 0 Å². The van der Waals surface area contributed by atoms with E-state index in [-0.39, 0.29) is 29.8 Å². The third kappa shape index (κ3) is 12.0. The van der Waals surface area contributed by atoms with Gasteiger partial charge in [0.25, 0.3) is 0 Å². The SMILES string of the molecule is CCNC(=NCCCc1ccc(Br)cc1F)NCCCOCCOC.I. The molecule has 0 saturated heterocycles. The predicted octanol–water partition coefficient (Wildman–Crippen LogP) is 3.75. The Balaban J connectivity index is 0.00000625. The van der Waals surface area contributed by atoms with Gasteiger partial charge in [0, 0.05) is 37.8 Å². The van der Waals surface area contributed by atoms with Crippen LogP contribution in [0.1, 0.15) is 25.3 Å². The number of methoxy groups -OCH3 is 1. The zero-order valence-electron chi connectivity index (χ0n) is 15.5. The Bertz CT molecular complexity index is 521. The number of ether oxygens (including phenoxy) is 2. The van der Waals surface area contributed by atoms with E-state index in [9.17, 15) is 4.39 Å². The van der Waals surface area contributed by atoms with Gasteiger partial charge in [0.15, 0.2) is 5.96 Å². The van der Waals surface area contributed by atoms with E-state index in [1.54, 1.807) is 7.11 Å². The van der Waals surface area contributed by atoms with Gasteiger partial charge in [-0.05, 0) is 43.9 Å². The minimum Gasteiger partial charge on any atom is -0.382 e. The van der Waals surface area contributed by atoms with Crippen LogP contribution in [0.15, 0.2) is 27.7 Å². The van der Waals surface area contributed by atoms with Gasteiger partial charge in [-0.15, -0.1) is 24.0 Å². The first kappa shape index (κ1) is 25.6. The van der Waals surface area contributed by atoms with E-state index in [1.165, 1.54) is 6.07 Å². The van der Waals surface area contributed by atoms with Crippen molar-refractivity contribution in [2.24, 2.45) is 4.99 Å². The molecule has 0 aliphatic heterocycles. The van der Waals surface area contributed by atoms with E-state index in [1.807, 2.05) is 19.1 Å². The second-order valence-corrected chi connectivity index (χ2v) is 6.40. The molecule has 0 heterocycles. The average Bonchev–Trinajstić information content (AvgIpc) is 2.59. The van der Waals surface area contributed by atoms with Crippen LogP contribution < -0.4 is 10.6 Å². The molecular weight excluding hydrogens is 516 g/mol. The number of nitrogens with zero attached hydrogens (tertiary/aromatic N) is 1. The van der Waals surface area contributed by atoms with Crippen molar-refractivity contribution in [2.45, 2.75) is 26.2 Å². The maximum atomic E-state index is 13.8. The van der Waals surface area contributed by atoms with Gasteiger partial charge < -0.3 is 20.1 Å². The molecule has 2 N–H and O–H groups in total. The van der Waals surface area contributed by atoms with Crippen LogP contribution in [0.5, 0.6) is 0 Å². The minimum absolute atomic E-state index is 0. The lowest BCUT2D eigenvalue weighted by Crippen LogP contribution is -2.38. The van der Waals surface area contributed by atoms with E-state index in [4.69, 9.17) is 9.47 Å². The summed E-state index contributed by atoms with van der Waals surface area (Å²) in [5.74, 6) is 0.618. The van der Waals surface area contributed by atoms with Crippen LogP contribution in [-0.2, 0) is 15.9 Å². The molecule has 5 nitrogen and oxygen atoms in total. The first-order valence-corrected chi connectivity index (χ1v) is 9.49. The molecule has 8 heteroatoms. The Kier molecular flexibility index (Phi) is 16.4. The third-order valence-electron chi connectivity index (χ3n) is 3.42. The summed E-state index contributed by atoms with van der Waals surface area (Å²) in [6, 6.07) is 5.18. The zero-order chi connectivity index (χ0) is 18.3. The molecule has 1 aromatic carbocycles. The van der Waals surface area contributed by atoms with Crippen molar-refractivity contribution in [3.8, 4) is 0 Å². The van der Waals surface area contributed by atoms with Gasteiger partial charge in [0.05, 0.1) is 13.2 Å². The van der Waals surface area contributed by atoms with Crippen LogP contribution in [0, 0.1) is 5.82 Å². The van der Waals surface area contributed by atoms with Gasteiger partial charge >= 0.3 is 0 Å². The maximum absolute atomic E-state index is 13.8. The number of aryl methyl sites for hydroxylation is 1. The molecule has 0 spiro atoms. The molecule has 0 saturated carbocycles. The van der Waals surface area contributed by atoms with Gasteiger partial charge in [-0.1, -0.05) is 22.0 Å². The highest BCUT2D eigenvalue weighted by atomic mass is 127. The van der Waals surface area contributed by atoms with E-state index in [0.717, 1.165) is 41.9 Å². The van der Waals surface area contributed by atoms with E-state index in [0.29, 0.717) is 32.8 Å². The quantitative estimate of drug-likeness (QED) is 0.182. The molecule has 0 bridgehead atoms. The van der Waals surface area contributed by atoms with Crippen molar-refractivity contribution in [1.82, 2.24) is 10.6 Å². The fraction of sp³-hybridized carbons (Fsp3) is 0.611. The van der Waals surface area contributed by atoms with Crippen LogP contribution in [0.25, 0.3) is 0 Å². The van der Waals surface area contributed by atoms with Crippen LogP contribution in [0.3, 0.4) is 0 Å². The Morgan fingerprint density at radius 2 is 2.00 bits per heavy atom. The van der Waals surface area contributed by atoms with Crippen molar-refractivity contribution < 1.29 is 13.9 Å². The molecule has 0 atom stereocenters. The zero-order valence-corrected chi connectivity index (χ0v) is 19.4. The number of rotatable bonds is 12. The van der Waals surface area contributed by atoms with Crippen molar-refractivity contribution >= 4 is 45.9 Å². The molecule has 26 heavy (non-hydrogen) atoms. The van der Waals surface area contributed by atoms with Gasteiger partial charge in [-0.2, -0.15) is 0 Å². The second kappa shape index (κ2) is 16.7. The highest BCUT2D eigenvalue weighted by Crippen LogP contribution is 2.16. The number of guanidine groups is 1. The summed E-state index contributed by atoms with van der Waals surface area (Å²) < 4.78 is 24.9. The molecule has 1 rings (SSSR count). The Labute approximate surface area is 181 Å². The first-order valence-electron chi connectivity index (χ1n) is 8.70. The summed E-state index contributed by atoms with van der Waals surface area (Å²) in [6.07, 6.45) is 2.38. The number of benzene rings is 1. The van der Waals surface area contributed by atoms with Gasteiger partial charge in [-0.25, -0.2) is 4.39 Å². The van der Waals surface area contributed by atoms with Crippen molar-refractivity contribution in [1.29, 1.82) is 0 Å². The summed E-state index contributed by atoms with van der Waals surface area (Å²) >= 11 is 3.27. The van der Waals surface area contributed by atoms with Crippen molar-refractivity contribution in [3.05, 3.63) is 34.1 Å². The maximum Gasteiger partial charge on any atom is 0.191 e.